The van der Waals surface area contributed by atoms with Gasteiger partial charge in [-0.3, -0.25) is 0 Å². The summed E-state index contributed by atoms with van der Waals surface area (Å²) in [6, 6.07) is 14.4. The Labute approximate surface area is 514 Å². The summed E-state index contributed by atoms with van der Waals surface area (Å²) < 4.78 is 479. The minimum absolute atomic E-state index is 0.0392. The van der Waals surface area contributed by atoms with E-state index in [1.54, 1.807) is 0 Å². The van der Waals surface area contributed by atoms with Crippen LogP contribution in [0.4, 0.5) is 145 Å². The highest BCUT2D eigenvalue weighted by Gasteiger charge is 2.96. The Morgan fingerprint density at radius 1 is 0.298 bits per heavy atom. The summed E-state index contributed by atoms with van der Waals surface area (Å²) in [4.78, 5) is 0. The van der Waals surface area contributed by atoms with Crippen molar-refractivity contribution in [2.75, 3.05) is 0 Å². The summed E-state index contributed by atoms with van der Waals surface area (Å²) in [5.41, 5.74) is 0.653. The third-order valence-corrected chi connectivity index (χ3v) is 28.9. The number of benzene rings is 5. The van der Waals surface area contributed by atoms with Crippen LogP contribution in [0, 0.1) is 22.9 Å². The van der Waals surface area contributed by atoms with Gasteiger partial charge in [-0.05, 0) is 102 Å². The van der Waals surface area contributed by atoms with Crippen LogP contribution >= 0.6 is 0 Å². The molecule has 0 atom stereocenters. The summed E-state index contributed by atoms with van der Waals surface area (Å²) in [7, 11) is -8.86. The summed E-state index contributed by atoms with van der Waals surface area (Å²) in [6.45, 7) is 8.47. The highest BCUT2D eigenvalue weighted by atomic mass is 28.3. The highest BCUT2D eigenvalue weighted by molar-refractivity contribution is 6.90. The summed E-state index contributed by atoms with van der Waals surface area (Å²) in [5.74, 6) is -116. The highest BCUT2D eigenvalue weighted by Crippen LogP contribution is 2.67. The molecule has 35 heteroatoms. The van der Waals surface area contributed by atoms with Gasteiger partial charge in [-0.1, -0.05) is 116 Å². The number of hydrogen-bond donors (Lipinski definition) is 0. The van der Waals surface area contributed by atoms with Crippen LogP contribution in [0.2, 0.25) is 34.3 Å². The molecule has 0 N–H and O–H groups in total. The number of halogens is 33. The van der Waals surface area contributed by atoms with Crippen molar-refractivity contribution in [3.63, 3.8) is 0 Å². The van der Waals surface area contributed by atoms with Gasteiger partial charge in [-0.15, -0.1) is 11.1 Å². The first kappa shape index (κ1) is 79.1. The molecule has 94 heavy (non-hydrogen) atoms. The Morgan fingerprint density at radius 2 is 0.500 bits per heavy atom. The van der Waals surface area contributed by atoms with Gasteiger partial charge in [0.05, 0.1) is 0 Å². The lowest BCUT2D eigenvalue weighted by molar-refractivity contribution is -0.461. The number of hydrogen-bond acceptors (Lipinski definition) is 0. The standard InChI is InChI=1S/C59H51F33Si2/c1-30(2)93(31(3)4,24-20-45(62,63)48(68,69)51(74,75)54(80,81)53(78,79)50(72,73)47(66,67)44(9,60)61)22-18-38-40-26-34-14-10-12-16-36(34)28-42(40)39(43-29-37-17-13-11-15-35(37)27-41(38)43)19-23-94(32(5)6,33(7)8)25-21-46(64,65)49(70,71)52(76,77)55(82,83)56(84,85)57(86,87)58(88,89)59(90,91)92/h10-17,26-33H,20-21,24-25H2,1-9H3. The zero-order valence-electron chi connectivity index (χ0n) is 49.5. The lowest BCUT2D eigenvalue weighted by Crippen LogP contribution is -2.74. The Bertz CT molecular complexity index is 3400. The molecule has 0 spiro atoms. The van der Waals surface area contributed by atoms with Crippen LogP contribution in [0.25, 0.3) is 43.1 Å². The van der Waals surface area contributed by atoms with Gasteiger partial charge < -0.3 is 0 Å². The second kappa shape index (κ2) is 24.1. The first-order chi connectivity index (χ1) is 41.8. The molecule has 5 rings (SSSR count). The van der Waals surface area contributed by atoms with Crippen LogP contribution in [0.5, 0.6) is 0 Å². The molecule has 0 fully saturated rings. The lowest BCUT2D eigenvalue weighted by Gasteiger charge is -2.44. The van der Waals surface area contributed by atoms with Crippen LogP contribution in [-0.4, -0.2) is 111 Å². The molecule has 0 aliphatic heterocycles. The summed E-state index contributed by atoms with van der Waals surface area (Å²) in [5, 5.41) is 1.10. The van der Waals surface area contributed by atoms with E-state index in [0.29, 0.717) is 21.5 Å². The fraction of sp³-hybridized carbons (Fsp3) is 0.559. The molecule has 0 heterocycles. The molecule has 0 unspecified atom stereocenters. The van der Waals surface area contributed by atoms with E-state index in [1.807, 2.05) is 0 Å². The Morgan fingerprint density at radius 3 is 0.702 bits per heavy atom. The van der Waals surface area contributed by atoms with Crippen molar-refractivity contribution in [2.45, 2.75) is 204 Å². The molecule has 0 aliphatic carbocycles. The van der Waals surface area contributed by atoms with E-state index in [1.165, 1.54) is 128 Å². The Hall–Kier alpha value is -5.62. The minimum Gasteiger partial charge on any atom is -0.200 e. The van der Waals surface area contributed by atoms with Crippen LogP contribution in [0.15, 0.2) is 72.8 Å². The van der Waals surface area contributed by atoms with Gasteiger partial charge in [0.15, 0.2) is 0 Å². The maximum absolute atomic E-state index is 15.8. The third-order valence-electron chi connectivity index (χ3n) is 17.3. The first-order valence-corrected chi connectivity index (χ1v) is 32.1. The van der Waals surface area contributed by atoms with E-state index in [9.17, 15) is 92.2 Å². The average Bonchev–Trinajstić information content (AvgIpc) is 0.704. The zero-order chi connectivity index (χ0) is 73.2. The molecule has 0 nitrogen and oxygen atoms in total. The van der Waals surface area contributed by atoms with Gasteiger partial charge in [-0.2, -0.15) is 145 Å². The molecule has 0 bridgehead atoms. The van der Waals surface area contributed by atoms with Gasteiger partial charge in [-0.25, -0.2) is 0 Å². The van der Waals surface area contributed by atoms with Crippen molar-refractivity contribution in [3.05, 3.63) is 83.9 Å². The van der Waals surface area contributed by atoms with E-state index in [-0.39, 0.29) is 32.7 Å². The van der Waals surface area contributed by atoms with E-state index < -0.39 is 165 Å². The first-order valence-electron chi connectivity index (χ1n) is 27.4. The van der Waals surface area contributed by atoms with Crippen LogP contribution < -0.4 is 0 Å². The van der Waals surface area contributed by atoms with E-state index in [0.717, 1.165) is 0 Å². The SMILES string of the molecule is CC(C)[Si](C#Cc1c2cc3ccccc3cc2c(C#C[Si](CCC(F)(F)C(F)(F)C(F)(F)C(F)(F)C(F)(F)C(F)(F)C(F)(F)C(F)(F)F)(C(C)C)C(C)C)c2cc3ccccc3cc12)(CCC(F)(F)C(F)(F)C(F)(F)C(F)(F)C(F)(F)C(F)(F)C(F)(F)C(C)(F)F)C(C)C. The fourth-order valence-electron chi connectivity index (χ4n) is 10.9. The molecule has 0 amide bonds. The van der Waals surface area contributed by atoms with Crippen molar-refractivity contribution in [3.8, 4) is 22.9 Å². The third kappa shape index (κ3) is 11.7. The van der Waals surface area contributed by atoms with Crippen LogP contribution in [-0.2, 0) is 0 Å². The molecule has 5 aromatic carbocycles. The predicted molar refractivity (Wildman–Crippen MR) is 287 cm³/mol. The van der Waals surface area contributed by atoms with E-state index >= 15 is 52.7 Å². The zero-order valence-corrected chi connectivity index (χ0v) is 51.5. The maximum Gasteiger partial charge on any atom is 0.460 e. The number of fused-ring (bicyclic) bond motifs is 4. The molecule has 0 aliphatic rings. The van der Waals surface area contributed by atoms with Gasteiger partial charge in [0.1, 0.15) is 16.1 Å². The fourth-order valence-corrected chi connectivity index (χ4v) is 19.5. The topological polar surface area (TPSA) is 0 Å². The van der Waals surface area contributed by atoms with E-state index in [2.05, 4.69) is 22.9 Å². The quantitative estimate of drug-likeness (QED) is 0.0265. The Balaban J connectivity index is 1.77. The maximum atomic E-state index is 15.8. The van der Waals surface area contributed by atoms with Crippen molar-refractivity contribution >= 4 is 59.2 Å². The molecule has 5 aromatic rings. The van der Waals surface area contributed by atoms with Gasteiger partial charge in [0, 0.05) is 30.9 Å². The molecule has 0 aromatic heterocycles. The summed E-state index contributed by atoms with van der Waals surface area (Å²) in [6.07, 6.45) is -13.5. The monoisotopic (exact) mass is 1440 g/mol. The molecular formula is C59H51F33Si2. The summed E-state index contributed by atoms with van der Waals surface area (Å²) >= 11 is 0. The molecule has 0 saturated carbocycles. The van der Waals surface area contributed by atoms with Gasteiger partial charge in [0.25, 0.3) is 0 Å². The molecule has 0 radical (unpaired) electrons. The van der Waals surface area contributed by atoms with Crippen molar-refractivity contribution in [2.24, 2.45) is 0 Å². The minimum atomic E-state index is -8.87. The number of rotatable bonds is 23. The normalized spacial score (nSPS) is 15.3. The molecule has 0 saturated heterocycles. The molecular weight excluding hydrogens is 1390 g/mol. The second-order valence-electron chi connectivity index (χ2n) is 24.1. The van der Waals surface area contributed by atoms with Crippen LogP contribution in [0.1, 0.15) is 86.3 Å². The predicted octanol–water partition coefficient (Wildman–Crippen LogP) is 23.5. The van der Waals surface area contributed by atoms with Crippen molar-refractivity contribution in [1.29, 1.82) is 0 Å². The molecule has 526 valence electrons. The Kier molecular flexibility index (Phi) is 20.3. The average molecular weight is 1440 g/mol. The van der Waals surface area contributed by atoms with Crippen LogP contribution in [0.3, 0.4) is 0 Å². The van der Waals surface area contributed by atoms with E-state index in [4.69, 9.17) is 0 Å². The second-order valence-corrected chi connectivity index (χ2v) is 34.4. The van der Waals surface area contributed by atoms with Crippen molar-refractivity contribution in [1.82, 2.24) is 0 Å². The largest absolute Gasteiger partial charge is 0.460 e. The smallest absolute Gasteiger partial charge is 0.200 e. The van der Waals surface area contributed by atoms with Crippen molar-refractivity contribution < 1.29 is 145 Å². The van der Waals surface area contributed by atoms with Gasteiger partial charge >= 0.3 is 95.0 Å². The van der Waals surface area contributed by atoms with Gasteiger partial charge in [0.2, 0.25) is 0 Å². The number of alkyl halides is 33. The lowest BCUT2D eigenvalue weighted by atomic mass is 9.87.